The molecule has 1 aliphatic carbocycles. The lowest BCUT2D eigenvalue weighted by molar-refractivity contribution is -0.305. The van der Waals surface area contributed by atoms with Gasteiger partial charge in [0.05, 0.1) is 16.3 Å². The Morgan fingerprint density at radius 2 is 1.67 bits per heavy atom. The molecule has 1 fully saturated rings. The van der Waals surface area contributed by atoms with Crippen LogP contribution in [0.5, 0.6) is 0 Å². The minimum atomic E-state index is -5.60. The van der Waals surface area contributed by atoms with Gasteiger partial charge >= 0.3 is 12.1 Å². The molecule has 0 spiro atoms. The van der Waals surface area contributed by atoms with Gasteiger partial charge in [0.2, 0.25) is 0 Å². The lowest BCUT2D eigenvalue weighted by atomic mass is 9.81. The summed E-state index contributed by atoms with van der Waals surface area (Å²) >= 11 is 2.99. The van der Waals surface area contributed by atoms with Crippen molar-refractivity contribution in [2.45, 2.75) is 64.6 Å². The second kappa shape index (κ2) is 10.5. The van der Waals surface area contributed by atoms with Crippen molar-refractivity contribution in [1.82, 2.24) is 5.32 Å². The summed E-state index contributed by atoms with van der Waals surface area (Å²) < 4.78 is 77.9. The molecule has 10 heteroatoms. The fraction of sp³-hybridized carbons (Fsp3) is 0.550. The molecule has 0 heterocycles. The van der Waals surface area contributed by atoms with Crippen LogP contribution in [0.3, 0.4) is 0 Å². The first-order valence-corrected chi connectivity index (χ1v) is 10.2. The SMILES string of the molecule is CC.Cc1cc(F)c(Br)cc1/C(=C\O)C(=O)NC1CCC(C(F)(F)C(F)(F)F)CC1. The summed E-state index contributed by atoms with van der Waals surface area (Å²) in [6, 6.07) is 1.88. The zero-order valence-corrected chi connectivity index (χ0v) is 18.3. The Labute approximate surface area is 179 Å². The second-order valence-electron chi connectivity index (χ2n) is 6.77. The van der Waals surface area contributed by atoms with Crippen LogP contribution >= 0.6 is 15.9 Å². The van der Waals surface area contributed by atoms with Gasteiger partial charge in [-0.3, -0.25) is 4.79 Å². The number of rotatable bonds is 4. The van der Waals surface area contributed by atoms with Crippen molar-refractivity contribution in [2.75, 3.05) is 0 Å². The highest BCUT2D eigenvalue weighted by atomic mass is 79.9. The van der Waals surface area contributed by atoms with Crippen LogP contribution in [0.1, 0.15) is 50.7 Å². The number of carbonyl (C=O) groups is 1. The first-order chi connectivity index (χ1) is 13.9. The number of aryl methyl sites for hydroxylation is 1. The molecule has 0 saturated heterocycles. The summed E-state index contributed by atoms with van der Waals surface area (Å²) in [6.45, 7) is 5.53. The summed E-state index contributed by atoms with van der Waals surface area (Å²) in [5, 5.41) is 12.0. The molecule has 1 amide bonds. The second-order valence-corrected chi connectivity index (χ2v) is 7.62. The standard InChI is InChI=1S/C18H18BrF6NO2.C2H6/c1-9-6-15(20)14(19)7-12(9)13(8-27)16(28)26-11-4-2-10(3-5-11)17(21,22)18(23,24)25;1-2/h6-8,10-11,27H,2-5H2,1H3,(H,26,28);1-2H3/b13-8+;. The van der Waals surface area contributed by atoms with E-state index in [0.29, 0.717) is 11.8 Å². The molecule has 1 aromatic carbocycles. The number of carbonyl (C=O) groups excluding carboxylic acids is 1. The number of aliphatic hydroxyl groups is 1. The van der Waals surface area contributed by atoms with Crippen molar-refractivity contribution in [3.8, 4) is 0 Å². The number of halogens is 7. The molecule has 1 aromatic rings. The van der Waals surface area contributed by atoms with Crippen molar-refractivity contribution in [3.63, 3.8) is 0 Å². The summed E-state index contributed by atoms with van der Waals surface area (Å²) in [7, 11) is 0. The Morgan fingerprint density at radius 1 is 1.13 bits per heavy atom. The minimum absolute atomic E-state index is 0.0487. The number of alkyl halides is 5. The molecule has 2 rings (SSSR count). The molecule has 170 valence electrons. The number of amides is 1. The summed E-state index contributed by atoms with van der Waals surface area (Å²) in [4.78, 5) is 12.5. The van der Waals surface area contributed by atoms with Gasteiger partial charge in [-0.2, -0.15) is 22.0 Å². The maximum absolute atomic E-state index is 13.5. The number of nitrogens with one attached hydrogen (secondary N) is 1. The van der Waals surface area contributed by atoms with Crippen LogP contribution in [0, 0.1) is 18.7 Å². The molecule has 0 atom stereocenters. The van der Waals surface area contributed by atoms with E-state index in [0.717, 1.165) is 0 Å². The zero-order valence-electron chi connectivity index (χ0n) is 16.7. The van der Waals surface area contributed by atoms with Crippen molar-refractivity contribution < 1.29 is 36.2 Å². The average Bonchev–Trinajstić information content (AvgIpc) is 2.67. The predicted octanol–water partition coefficient (Wildman–Crippen LogP) is 6.69. The molecular weight excluding hydrogens is 480 g/mol. The van der Waals surface area contributed by atoms with E-state index in [2.05, 4.69) is 21.2 Å². The van der Waals surface area contributed by atoms with E-state index in [1.54, 1.807) is 0 Å². The molecule has 1 saturated carbocycles. The first-order valence-electron chi connectivity index (χ1n) is 9.44. The van der Waals surface area contributed by atoms with Gasteiger partial charge in [-0.1, -0.05) is 13.8 Å². The molecule has 2 N–H and O–H groups in total. The number of hydrogen-bond donors (Lipinski definition) is 2. The van der Waals surface area contributed by atoms with Gasteiger partial charge in [-0.25, -0.2) is 4.39 Å². The Balaban J connectivity index is 0.00000218. The molecule has 0 aromatic heterocycles. The first kappa shape index (κ1) is 26.3. The van der Waals surface area contributed by atoms with E-state index in [-0.39, 0.29) is 28.5 Å². The fourth-order valence-corrected chi connectivity index (χ4v) is 3.63. The van der Waals surface area contributed by atoms with Crippen LogP contribution in [0.25, 0.3) is 5.57 Å². The Morgan fingerprint density at radius 3 is 2.13 bits per heavy atom. The van der Waals surface area contributed by atoms with Gasteiger partial charge < -0.3 is 10.4 Å². The molecule has 0 unspecified atom stereocenters. The van der Waals surface area contributed by atoms with Crippen LogP contribution in [0.2, 0.25) is 0 Å². The van der Waals surface area contributed by atoms with Gasteiger partial charge in [0.1, 0.15) is 5.82 Å². The maximum atomic E-state index is 13.5. The van der Waals surface area contributed by atoms with Gasteiger partial charge in [0, 0.05) is 12.0 Å². The average molecular weight is 504 g/mol. The van der Waals surface area contributed by atoms with E-state index in [1.165, 1.54) is 19.1 Å². The van der Waals surface area contributed by atoms with Gasteiger partial charge in [0.15, 0.2) is 0 Å². The number of benzene rings is 1. The third kappa shape index (κ3) is 5.92. The highest BCUT2D eigenvalue weighted by Crippen LogP contribution is 2.46. The summed E-state index contributed by atoms with van der Waals surface area (Å²) in [5.74, 6) is -7.88. The molecular formula is C20H24BrF6NO2. The maximum Gasteiger partial charge on any atom is 0.453 e. The van der Waals surface area contributed by atoms with E-state index in [9.17, 15) is 36.2 Å². The van der Waals surface area contributed by atoms with Crippen LogP contribution in [-0.2, 0) is 4.79 Å². The van der Waals surface area contributed by atoms with E-state index in [1.807, 2.05) is 13.8 Å². The molecule has 3 nitrogen and oxygen atoms in total. The Hall–Kier alpha value is -1.71. The lowest BCUT2D eigenvalue weighted by Gasteiger charge is -2.34. The quantitative estimate of drug-likeness (QED) is 0.273. The predicted molar refractivity (Wildman–Crippen MR) is 106 cm³/mol. The van der Waals surface area contributed by atoms with E-state index in [4.69, 9.17) is 0 Å². The van der Waals surface area contributed by atoms with Gasteiger partial charge in [-0.15, -0.1) is 0 Å². The third-order valence-corrected chi connectivity index (χ3v) is 5.49. The summed E-state index contributed by atoms with van der Waals surface area (Å²) in [6.07, 6.45) is -5.94. The Bertz CT molecular complexity index is 771. The Kier molecular flexibility index (Phi) is 9.25. The van der Waals surface area contributed by atoms with Gasteiger partial charge in [-0.05, 0) is 71.8 Å². The topological polar surface area (TPSA) is 49.3 Å². The number of hydrogen-bond acceptors (Lipinski definition) is 2. The lowest BCUT2D eigenvalue weighted by Crippen LogP contribution is -2.47. The smallest absolute Gasteiger partial charge is 0.453 e. The monoisotopic (exact) mass is 503 g/mol. The van der Waals surface area contributed by atoms with Crippen LogP contribution < -0.4 is 5.32 Å². The molecule has 0 aliphatic heterocycles. The van der Waals surface area contributed by atoms with Crippen molar-refractivity contribution >= 4 is 27.4 Å². The van der Waals surface area contributed by atoms with Crippen LogP contribution in [0.15, 0.2) is 22.9 Å². The normalized spacial score (nSPS) is 20.3. The van der Waals surface area contributed by atoms with Crippen LogP contribution in [0.4, 0.5) is 26.3 Å². The number of aliphatic hydroxyl groups excluding tert-OH is 1. The molecule has 1 aliphatic rings. The van der Waals surface area contributed by atoms with Gasteiger partial charge in [0.25, 0.3) is 5.91 Å². The van der Waals surface area contributed by atoms with Crippen molar-refractivity contribution in [1.29, 1.82) is 0 Å². The van der Waals surface area contributed by atoms with Crippen molar-refractivity contribution in [3.05, 3.63) is 39.8 Å². The zero-order chi connectivity index (χ0) is 23.3. The highest BCUT2D eigenvalue weighted by molar-refractivity contribution is 9.10. The van der Waals surface area contributed by atoms with E-state index < -0.39 is 48.6 Å². The fourth-order valence-electron chi connectivity index (χ4n) is 3.28. The largest absolute Gasteiger partial charge is 0.515 e. The molecule has 30 heavy (non-hydrogen) atoms. The third-order valence-electron chi connectivity index (χ3n) is 4.88. The van der Waals surface area contributed by atoms with Crippen LogP contribution in [-0.4, -0.2) is 29.2 Å². The van der Waals surface area contributed by atoms with E-state index >= 15 is 0 Å². The molecule has 0 radical (unpaired) electrons. The van der Waals surface area contributed by atoms with Crippen molar-refractivity contribution in [2.24, 2.45) is 5.92 Å². The summed E-state index contributed by atoms with van der Waals surface area (Å²) in [5.41, 5.74) is 0.469. The highest BCUT2D eigenvalue weighted by Gasteiger charge is 2.62. The molecule has 0 bridgehead atoms. The minimum Gasteiger partial charge on any atom is -0.515 e.